The normalized spacial score (nSPS) is 28.1. The summed E-state index contributed by atoms with van der Waals surface area (Å²) in [4.78, 5) is 27.3. The minimum Gasteiger partial charge on any atom is -0.481 e. The quantitative estimate of drug-likeness (QED) is 0.784. The summed E-state index contributed by atoms with van der Waals surface area (Å²) in [5, 5.41) is 10.1. The van der Waals surface area contributed by atoms with Gasteiger partial charge in [-0.05, 0) is 52.3 Å². The minimum absolute atomic E-state index is 0.0144. The zero-order valence-electron chi connectivity index (χ0n) is 17.5. The molecule has 156 valence electrons. The van der Waals surface area contributed by atoms with Crippen molar-refractivity contribution in [2.75, 3.05) is 7.11 Å². The van der Waals surface area contributed by atoms with E-state index in [2.05, 4.69) is 26.0 Å². The van der Waals surface area contributed by atoms with Crippen LogP contribution in [0.2, 0.25) is 0 Å². The third kappa shape index (κ3) is 2.47. The molecule has 0 saturated heterocycles. The maximum Gasteiger partial charge on any atom is 0.410 e. The summed E-state index contributed by atoms with van der Waals surface area (Å²) in [6.45, 7) is 4.42. The summed E-state index contributed by atoms with van der Waals surface area (Å²) >= 11 is 0. The van der Waals surface area contributed by atoms with Gasteiger partial charge in [0.05, 0.1) is 25.1 Å². The Hall–Kier alpha value is -2.82. The molecule has 1 amide bonds. The van der Waals surface area contributed by atoms with Crippen LogP contribution in [0, 0.1) is 23.2 Å². The topological polar surface area (TPSA) is 66.8 Å². The fourth-order valence-electron chi connectivity index (χ4n) is 6.33. The van der Waals surface area contributed by atoms with Gasteiger partial charge in [-0.1, -0.05) is 62.4 Å². The maximum absolute atomic E-state index is 13.3. The molecule has 0 unspecified atom stereocenters. The van der Waals surface area contributed by atoms with Crippen molar-refractivity contribution < 1.29 is 19.4 Å². The lowest BCUT2D eigenvalue weighted by atomic mass is 9.44. The number of methoxy groups -OCH3 is 1. The van der Waals surface area contributed by atoms with Crippen LogP contribution in [0.4, 0.5) is 4.79 Å². The predicted molar refractivity (Wildman–Crippen MR) is 113 cm³/mol. The molecule has 4 aliphatic rings. The number of benzene rings is 2. The van der Waals surface area contributed by atoms with Gasteiger partial charge in [0.25, 0.3) is 0 Å². The molecule has 6 rings (SSSR count). The summed E-state index contributed by atoms with van der Waals surface area (Å²) in [6, 6.07) is 15.4. The van der Waals surface area contributed by atoms with Crippen LogP contribution in [-0.4, -0.2) is 35.2 Å². The number of rotatable bonds is 3. The number of fused-ring (bicyclic) bond motifs is 5. The minimum atomic E-state index is -0.821. The van der Waals surface area contributed by atoms with Crippen LogP contribution < -0.4 is 0 Å². The Morgan fingerprint density at radius 3 is 2.07 bits per heavy atom. The first-order chi connectivity index (χ1) is 14.4. The lowest BCUT2D eigenvalue weighted by Gasteiger charge is -2.63. The highest BCUT2D eigenvalue weighted by Gasteiger charge is 2.62. The highest BCUT2D eigenvalue weighted by atomic mass is 16.5. The number of carbonyl (C=O) groups is 2. The van der Waals surface area contributed by atoms with E-state index in [0.717, 1.165) is 28.7 Å². The maximum atomic E-state index is 13.3. The third-order valence-electron chi connectivity index (χ3n) is 8.01. The van der Waals surface area contributed by atoms with Crippen molar-refractivity contribution >= 4 is 12.1 Å². The molecule has 0 radical (unpaired) electrons. The number of nitrogens with zero attached hydrogens (tertiary/aromatic N) is 1. The molecule has 0 heterocycles. The number of aliphatic carboxylic acids is 1. The molecule has 3 fully saturated rings. The van der Waals surface area contributed by atoms with E-state index >= 15 is 0 Å². The van der Waals surface area contributed by atoms with Crippen molar-refractivity contribution in [3.8, 4) is 11.1 Å². The van der Waals surface area contributed by atoms with E-state index in [9.17, 15) is 14.7 Å². The average molecular weight is 405 g/mol. The summed E-state index contributed by atoms with van der Waals surface area (Å²) < 4.78 is 5.26. The molecular weight excluding hydrogens is 378 g/mol. The van der Waals surface area contributed by atoms with Gasteiger partial charge in [-0.3, -0.25) is 9.69 Å². The first-order valence-corrected chi connectivity index (χ1v) is 10.6. The standard InChI is InChI=1S/C25H27NO4/c1-25(2)14-12-19(23(27)28)22(20(25)13-14)26(24(29)30-3)21-17-10-6-4-8-15(17)16-9-5-7-11-18(16)21/h4-11,14,19-22H,12-13H2,1-3H3,(H,27,28)/t14-,19+,20-,22-/m0/s1. The van der Waals surface area contributed by atoms with Crippen molar-refractivity contribution in [1.82, 2.24) is 4.90 Å². The Balaban J connectivity index is 1.69. The molecule has 3 saturated carbocycles. The summed E-state index contributed by atoms with van der Waals surface area (Å²) in [5.41, 5.74) is 4.28. The van der Waals surface area contributed by atoms with Crippen LogP contribution in [0.15, 0.2) is 48.5 Å². The second kappa shape index (κ2) is 6.59. The van der Waals surface area contributed by atoms with Gasteiger partial charge in [0.2, 0.25) is 0 Å². The van der Waals surface area contributed by atoms with Crippen LogP contribution in [0.1, 0.15) is 43.9 Å². The molecule has 0 spiro atoms. The van der Waals surface area contributed by atoms with Crippen molar-refractivity contribution in [2.24, 2.45) is 23.2 Å². The number of hydrogen-bond acceptors (Lipinski definition) is 3. The Morgan fingerprint density at radius 2 is 1.57 bits per heavy atom. The summed E-state index contributed by atoms with van der Waals surface area (Å²) in [7, 11) is 1.38. The number of hydrogen-bond donors (Lipinski definition) is 1. The van der Waals surface area contributed by atoms with E-state index in [-0.39, 0.29) is 17.4 Å². The van der Waals surface area contributed by atoms with Gasteiger partial charge >= 0.3 is 12.1 Å². The fraction of sp³-hybridized carbons (Fsp3) is 0.440. The Kier molecular flexibility index (Phi) is 4.21. The Morgan fingerprint density at radius 1 is 1.00 bits per heavy atom. The summed E-state index contributed by atoms with van der Waals surface area (Å²) in [5.74, 6) is -0.877. The number of carboxylic acids is 1. The van der Waals surface area contributed by atoms with Crippen LogP contribution in [-0.2, 0) is 9.53 Å². The Labute approximate surface area is 176 Å². The monoisotopic (exact) mass is 405 g/mol. The average Bonchev–Trinajstić information content (AvgIpc) is 3.08. The largest absolute Gasteiger partial charge is 0.481 e. The molecule has 4 atom stereocenters. The van der Waals surface area contributed by atoms with Crippen LogP contribution in [0.25, 0.3) is 11.1 Å². The smallest absolute Gasteiger partial charge is 0.410 e. The molecular formula is C25H27NO4. The molecule has 5 nitrogen and oxygen atoms in total. The number of carbonyl (C=O) groups excluding carboxylic acids is 1. The van der Waals surface area contributed by atoms with E-state index in [1.165, 1.54) is 7.11 Å². The van der Waals surface area contributed by atoms with Gasteiger partial charge in [0.15, 0.2) is 0 Å². The molecule has 30 heavy (non-hydrogen) atoms. The molecule has 2 bridgehead atoms. The number of amides is 1. The Bertz CT molecular complexity index is 984. The fourth-order valence-corrected chi connectivity index (χ4v) is 6.33. The van der Waals surface area contributed by atoms with E-state index in [1.807, 2.05) is 36.4 Å². The highest BCUT2D eigenvalue weighted by Crippen LogP contribution is 2.63. The second-order valence-electron chi connectivity index (χ2n) is 9.49. The predicted octanol–water partition coefficient (Wildman–Crippen LogP) is 4.96. The zero-order valence-corrected chi connectivity index (χ0v) is 17.5. The van der Waals surface area contributed by atoms with E-state index in [0.29, 0.717) is 12.3 Å². The van der Waals surface area contributed by atoms with Gasteiger partial charge in [-0.2, -0.15) is 0 Å². The molecule has 2 aromatic rings. The van der Waals surface area contributed by atoms with Gasteiger partial charge < -0.3 is 9.84 Å². The molecule has 4 aliphatic carbocycles. The van der Waals surface area contributed by atoms with Gasteiger partial charge in [0, 0.05) is 0 Å². The number of carboxylic acid groups (broad SMARTS) is 1. The second-order valence-corrected chi connectivity index (χ2v) is 9.49. The van der Waals surface area contributed by atoms with Crippen LogP contribution >= 0.6 is 0 Å². The van der Waals surface area contributed by atoms with Crippen molar-refractivity contribution in [2.45, 2.75) is 38.8 Å². The molecule has 1 N–H and O–H groups in total. The van der Waals surface area contributed by atoms with Gasteiger partial charge in [-0.15, -0.1) is 0 Å². The summed E-state index contributed by atoms with van der Waals surface area (Å²) in [6.07, 6.45) is 1.11. The molecule has 5 heteroatoms. The third-order valence-corrected chi connectivity index (χ3v) is 8.01. The molecule has 0 aromatic heterocycles. The van der Waals surface area contributed by atoms with E-state index < -0.39 is 24.0 Å². The van der Waals surface area contributed by atoms with Gasteiger partial charge in [-0.25, -0.2) is 4.79 Å². The molecule has 0 aliphatic heterocycles. The van der Waals surface area contributed by atoms with Crippen molar-refractivity contribution in [3.05, 3.63) is 59.7 Å². The lowest BCUT2D eigenvalue weighted by Crippen LogP contribution is -2.66. The number of ether oxygens (including phenoxy) is 1. The lowest BCUT2D eigenvalue weighted by molar-refractivity contribution is -0.174. The van der Waals surface area contributed by atoms with Crippen molar-refractivity contribution in [1.29, 1.82) is 0 Å². The first-order valence-electron chi connectivity index (χ1n) is 10.6. The highest BCUT2D eigenvalue weighted by molar-refractivity contribution is 5.82. The van der Waals surface area contributed by atoms with E-state index in [4.69, 9.17) is 4.74 Å². The van der Waals surface area contributed by atoms with Crippen molar-refractivity contribution in [3.63, 3.8) is 0 Å². The zero-order chi connectivity index (χ0) is 21.2. The van der Waals surface area contributed by atoms with Gasteiger partial charge in [0.1, 0.15) is 0 Å². The van der Waals surface area contributed by atoms with E-state index in [1.54, 1.807) is 4.90 Å². The molecule has 2 aromatic carbocycles. The van der Waals surface area contributed by atoms with Crippen LogP contribution in [0.3, 0.4) is 0 Å². The SMILES string of the molecule is COC(=O)N(C1c2ccccc2-c2ccccc21)[C@H]1[C@H](C(=O)O)C[C@H]2C[C@@H]1C2(C)C. The first kappa shape index (κ1) is 19.2. The van der Waals surface area contributed by atoms with Crippen LogP contribution in [0.5, 0.6) is 0 Å².